The maximum absolute atomic E-state index is 12.6. The summed E-state index contributed by atoms with van der Waals surface area (Å²) in [5, 5.41) is 25.0. The minimum atomic E-state index is -0.176. The summed E-state index contributed by atoms with van der Waals surface area (Å²) in [5.74, 6) is 0.761. The van der Waals surface area contributed by atoms with Crippen molar-refractivity contribution in [2.45, 2.75) is 83.0 Å². The van der Waals surface area contributed by atoms with Crippen molar-refractivity contribution in [2.24, 2.45) is 0 Å². The van der Waals surface area contributed by atoms with E-state index in [-0.39, 0.29) is 30.8 Å². The van der Waals surface area contributed by atoms with Gasteiger partial charge in [0.2, 0.25) is 0 Å². The summed E-state index contributed by atoms with van der Waals surface area (Å²) in [7, 11) is 0. The predicted octanol–water partition coefficient (Wildman–Crippen LogP) is 1.79. The summed E-state index contributed by atoms with van der Waals surface area (Å²) in [6.45, 7) is 3.83. The number of carbonyl (C=O) groups excluding carboxylic acids is 1. The average Bonchev–Trinajstić information content (AvgIpc) is 3.21. The number of tetrazole rings is 1. The minimum absolute atomic E-state index is 0.0347. The van der Waals surface area contributed by atoms with Crippen molar-refractivity contribution in [3.8, 4) is 0 Å². The van der Waals surface area contributed by atoms with Crippen LogP contribution in [0, 0.1) is 0 Å². The predicted molar refractivity (Wildman–Crippen MR) is 88.3 cm³/mol. The quantitative estimate of drug-likeness (QED) is 0.874. The van der Waals surface area contributed by atoms with Gasteiger partial charge < -0.3 is 15.3 Å². The van der Waals surface area contributed by atoms with E-state index in [1.165, 1.54) is 19.3 Å². The van der Waals surface area contributed by atoms with Crippen LogP contribution in [0.1, 0.15) is 76.7 Å². The third kappa shape index (κ3) is 3.38. The molecule has 1 saturated carbocycles. The Hall–Kier alpha value is -1.70. The average molecular weight is 336 g/mol. The van der Waals surface area contributed by atoms with E-state index in [0.717, 1.165) is 31.5 Å². The van der Waals surface area contributed by atoms with E-state index < -0.39 is 0 Å². The van der Waals surface area contributed by atoms with Crippen molar-refractivity contribution in [1.82, 2.24) is 30.4 Å². The first-order chi connectivity index (χ1) is 11.6. The number of rotatable bonds is 4. The molecule has 0 bridgehead atoms. The zero-order valence-corrected chi connectivity index (χ0v) is 14.6. The third-order valence-electron chi connectivity index (χ3n) is 5.10. The van der Waals surface area contributed by atoms with Gasteiger partial charge in [0.05, 0.1) is 24.7 Å². The van der Waals surface area contributed by atoms with Crippen molar-refractivity contribution in [3.63, 3.8) is 0 Å². The number of nitrogens with zero attached hydrogens (tertiary/aromatic N) is 5. The Morgan fingerprint density at radius 3 is 2.67 bits per heavy atom. The molecule has 1 aliphatic carbocycles. The van der Waals surface area contributed by atoms with Gasteiger partial charge >= 0.3 is 6.03 Å². The summed E-state index contributed by atoms with van der Waals surface area (Å²) in [4.78, 5) is 14.4. The number of hydrogen-bond donors (Lipinski definition) is 2. The molecule has 2 aliphatic rings. The molecule has 8 heteroatoms. The van der Waals surface area contributed by atoms with Gasteiger partial charge in [-0.3, -0.25) is 0 Å². The van der Waals surface area contributed by atoms with Crippen molar-refractivity contribution in [3.05, 3.63) is 5.82 Å². The smallest absolute Gasteiger partial charge is 0.318 e. The van der Waals surface area contributed by atoms with Crippen molar-refractivity contribution < 1.29 is 9.90 Å². The van der Waals surface area contributed by atoms with Crippen LogP contribution >= 0.6 is 0 Å². The van der Waals surface area contributed by atoms with Crippen LogP contribution in [-0.2, 0) is 0 Å². The highest BCUT2D eigenvalue weighted by Gasteiger charge is 2.41. The van der Waals surface area contributed by atoms with Crippen LogP contribution < -0.4 is 5.32 Å². The summed E-state index contributed by atoms with van der Waals surface area (Å²) in [6, 6.07) is -0.118. The first kappa shape index (κ1) is 17.1. The monoisotopic (exact) mass is 336 g/mol. The van der Waals surface area contributed by atoms with Gasteiger partial charge in [0.15, 0.2) is 5.82 Å². The van der Waals surface area contributed by atoms with Gasteiger partial charge in [0, 0.05) is 6.04 Å². The molecule has 8 nitrogen and oxygen atoms in total. The number of amides is 2. The normalized spacial score (nSPS) is 25.4. The van der Waals surface area contributed by atoms with Gasteiger partial charge in [-0.1, -0.05) is 19.3 Å². The fourth-order valence-electron chi connectivity index (χ4n) is 3.95. The van der Waals surface area contributed by atoms with Crippen LogP contribution in [0.2, 0.25) is 0 Å². The van der Waals surface area contributed by atoms with Crippen LogP contribution in [-0.4, -0.2) is 54.9 Å². The molecular weight excluding hydrogens is 308 g/mol. The number of nitrogens with one attached hydrogen (secondary N) is 1. The zero-order valence-electron chi connectivity index (χ0n) is 14.6. The second kappa shape index (κ2) is 7.46. The largest absolute Gasteiger partial charge is 0.394 e. The fraction of sp³-hybridized carbons (Fsp3) is 0.875. The molecule has 2 N–H and O–H groups in total. The van der Waals surface area contributed by atoms with Crippen LogP contribution in [0.4, 0.5) is 4.79 Å². The molecule has 0 radical (unpaired) electrons. The Bertz CT molecular complexity index is 555. The topological polar surface area (TPSA) is 96.2 Å². The maximum Gasteiger partial charge on any atom is 0.318 e. The number of urea groups is 1. The zero-order chi connectivity index (χ0) is 17.1. The molecule has 1 aromatic heterocycles. The lowest BCUT2D eigenvalue weighted by Crippen LogP contribution is -2.48. The van der Waals surface area contributed by atoms with Gasteiger partial charge in [-0.2, -0.15) is 0 Å². The van der Waals surface area contributed by atoms with E-state index >= 15 is 0 Å². The molecule has 0 spiro atoms. The summed E-state index contributed by atoms with van der Waals surface area (Å²) in [5.41, 5.74) is 0. The van der Waals surface area contributed by atoms with Gasteiger partial charge in [-0.25, -0.2) is 9.48 Å². The van der Waals surface area contributed by atoms with E-state index in [0.29, 0.717) is 6.04 Å². The Labute approximate surface area is 142 Å². The molecule has 2 fully saturated rings. The highest BCUT2D eigenvalue weighted by Crippen LogP contribution is 2.37. The third-order valence-corrected chi connectivity index (χ3v) is 5.10. The Kier molecular flexibility index (Phi) is 5.33. The number of likely N-dealkylation sites (tertiary alicyclic amines) is 1. The molecule has 1 saturated heterocycles. The molecule has 134 valence electrons. The Balaban J connectivity index is 1.84. The molecule has 24 heavy (non-hydrogen) atoms. The SMILES string of the molecule is CC(C)NC(=O)N1[C@H](CO)CC[C@H]1c1nnnn1C1CCCCC1. The number of carbonyl (C=O) groups is 1. The number of aliphatic hydroxyl groups excluding tert-OH is 1. The first-order valence-corrected chi connectivity index (χ1v) is 9.09. The van der Waals surface area contributed by atoms with E-state index in [1.807, 2.05) is 18.5 Å². The van der Waals surface area contributed by atoms with Gasteiger partial charge in [0.25, 0.3) is 0 Å². The van der Waals surface area contributed by atoms with Crippen LogP contribution in [0.25, 0.3) is 0 Å². The van der Waals surface area contributed by atoms with E-state index in [9.17, 15) is 9.90 Å². The first-order valence-electron chi connectivity index (χ1n) is 9.09. The molecule has 0 aromatic carbocycles. The Morgan fingerprint density at radius 2 is 2.00 bits per heavy atom. The lowest BCUT2D eigenvalue weighted by Gasteiger charge is -2.31. The standard InChI is InChI=1S/C16H28N6O2/c1-11(2)17-16(24)21-13(10-23)8-9-14(21)15-18-19-20-22(15)12-6-4-3-5-7-12/h11-14,23H,3-10H2,1-2H3,(H,17,24)/t13-,14-/m0/s1. The highest BCUT2D eigenvalue weighted by atomic mass is 16.3. The summed E-state index contributed by atoms with van der Waals surface area (Å²) in [6.07, 6.45) is 7.40. The lowest BCUT2D eigenvalue weighted by atomic mass is 9.95. The molecule has 2 atom stereocenters. The van der Waals surface area contributed by atoms with Crippen molar-refractivity contribution in [1.29, 1.82) is 0 Å². The highest BCUT2D eigenvalue weighted by molar-refractivity contribution is 5.75. The fourth-order valence-corrected chi connectivity index (χ4v) is 3.95. The van der Waals surface area contributed by atoms with Crippen LogP contribution in [0.3, 0.4) is 0 Å². The molecule has 1 aromatic rings. The van der Waals surface area contributed by atoms with Gasteiger partial charge in [-0.05, 0) is 50.0 Å². The second-order valence-corrected chi connectivity index (χ2v) is 7.21. The van der Waals surface area contributed by atoms with Crippen LogP contribution in [0.5, 0.6) is 0 Å². The lowest BCUT2D eigenvalue weighted by molar-refractivity contribution is 0.131. The van der Waals surface area contributed by atoms with Gasteiger partial charge in [0.1, 0.15) is 0 Å². The molecular formula is C16H28N6O2. The van der Waals surface area contributed by atoms with Crippen molar-refractivity contribution >= 4 is 6.03 Å². The second-order valence-electron chi connectivity index (χ2n) is 7.21. The summed E-state index contributed by atoms with van der Waals surface area (Å²) >= 11 is 0. The number of hydrogen-bond acceptors (Lipinski definition) is 5. The van der Waals surface area contributed by atoms with E-state index in [4.69, 9.17) is 0 Å². The number of aromatic nitrogens is 4. The summed E-state index contributed by atoms with van der Waals surface area (Å²) < 4.78 is 1.93. The minimum Gasteiger partial charge on any atom is -0.394 e. The van der Waals surface area contributed by atoms with Crippen LogP contribution in [0.15, 0.2) is 0 Å². The molecule has 0 unspecified atom stereocenters. The Morgan fingerprint density at radius 1 is 1.25 bits per heavy atom. The molecule has 1 aliphatic heterocycles. The number of aliphatic hydroxyl groups is 1. The molecule has 2 heterocycles. The van der Waals surface area contributed by atoms with E-state index in [1.54, 1.807) is 4.90 Å². The molecule has 2 amide bonds. The van der Waals surface area contributed by atoms with Gasteiger partial charge in [-0.15, -0.1) is 5.10 Å². The van der Waals surface area contributed by atoms with E-state index in [2.05, 4.69) is 20.8 Å². The maximum atomic E-state index is 12.6. The van der Waals surface area contributed by atoms with Crippen molar-refractivity contribution in [2.75, 3.05) is 6.61 Å². The molecule has 3 rings (SSSR count).